The van der Waals surface area contributed by atoms with E-state index in [2.05, 4.69) is 25.4 Å². The van der Waals surface area contributed by atoms with Gasteiger partial charge in [0, 0.05) is 22.9 Å². The first-order valence-electron chi connectivity index (χ1n) is 9.54. The van der Waals surface area contributed by atoms with Gasteiger partial charge in [-0.15, -0.1) is 5.10 Å². The molecule has 0 amide bonds. The number of methoxy groups -OCH3 is 2. The minimum absolute atomic E-state index is 0.150. The number of nitrogens with one attached hydrogen (secondary N) is 2. The number of rotatable bonds is 8. The number of hydrogen-bond donors (Lipinski definition) is 2. The summed E-state index contributed by atoms with van der Waals surface area (Å²) in [5.41, 5.74) is 4.03. The number of thioether (sulfide) groups is 1. The van der Waals surface area contributed by atoms with Crippen molar-refractivity contribution in [2.45, 2.75) is 17.8 Å². The van der Waals surface area contributed by atoms with Crippen molar-refractivity contribution in [1.29, 1.82) is 0 Å². The molecule has 0 unspecified atom stereocenters. The third kappa shape index (κ3) is 4.33. The lowest BCUT2D eigenvalue weighted by Crippen LogP contribution is -2.07. The van der Waals surface area contributed by atoms with E-state index in [9.17, 15) is 4.79 Å². The van der Waals surface area contributed by atoms with E-state index >= 15 is 0 Å². The summed E-state index contributed by atoms with van der Waals surface area (Å²) < 4.78 is 15.8. The van der Waals surface area contributed by atoms with Gasteiger partial charge in [-0.1, -0.05) is 11.8 Å². The van der Waals surface area contributed by atoms with E-state index in [4.69, 9.17) is 14.2 Å². The zero-order chi connectivity index (χ0) is 21.8. The van der Waals surface area contributed by atoms with Gasteiger partial charge in [0.1, 0.15) is 17.2 Å². The first kappa shape index (κ1) is 20.7. The second kappa shape index (κ2) is 9.09. The van der Waals surface area contributed by atoms with Gasteiger partial charge in [-0.3, -0.25) is 0 Å². The molecule has 0 bridgehead atoms. The summed E-state index contributed by atoms with van der Waals surface area (Å²) in [6.07, 6.45) is 0. The number of aromatic amines is 2. The van der Waals surface area contributed by atoms with Gasteiger partial charge in [-0.25, -0.2) is 9.78 Å². The van der Waals surface area contributed by atoms with E-state index < -0.39 is 5.97 Å². The summed E-state index contributed by atoms with van der Waals surface area (Å²) in [6, 6.07) is 11.3. The molecule has 2 N–H and O–H groups in total. The Morgan fingerprint density at radius 3 is 2.74 bits per heavy atom. The molecular weight excluding hydrogens is 418 g/mol. The van der Waals surface area contributed by atoms with Gasteiger partial charge < -0.3 is 19.2 Å². The van der Waals surface area contributed by atoms with Crippen LogP contribution in [0, 0.1) is 0 Å². The van der Waals surface area contributed by atoms with Gasteiger partial charge in [-0.2, -0.15) is 10.3 Å². The van der Waals surface area contributed by atoms with Crippen LogP contribution < -0.4 is 9.47 Å². The van der Waals surface area contributed by atoms with Crippen molar-refractivity contribution in [2.75, 3.05) is 20.8 Å². The number of H-pyrrole nitrogens is 2. The predicted octanol–water partition coefficient (Wildman–Crippen LogP) is 3.83. The van der Waals surface area contributed by atoms with Crippen molar-refractivity contribution in [3.05, 3.63) is 47.7 Å². The molecule has 2 aromatic heterocycles. The van der Waals surface area contributed by atoms with Crippen LogP contribution >= 0.6 is 11.8 Å². The summed E-state index contributed by atoms with van der Waals surface area (Å²) in [7, 11) is 3.26. The van der Waals surface area contributed by atoms with Gasteiger partial charge >= 0.3 is 5.97 Å². The van der Waals surface area contributed by atoms with Crippen molar-refractivity contribution in [3.63, 3.8) is 0 Å². The monoisotopic (exact) mass is 439 g/mol. The highest BCUT2D eigenvalue weighted by Gasteiger charge is 2.20. The van der Waals surface area contributed by atoms with Gasteiger partial charge in [0.2, 0.25) is 0 Å². The molecule has 0 aliphatic rings. The summed E-state index contributed by atoms with van der Waals surface area (Å²) in [4.78, 5) is 20.1. The van der Waals surface area contributed by atoms with Crippen LogP contribution in [-0.2, 0) is 10.5 Å². The normalized spacial score (nSPS) is 10.9. The average Bonchev–Trinajstić information content (AvgIpc) is 3.44. The average molecular weight is 439 g/mol. The highest BCUT2D eigenvalue weighted by molar-refractivity contribution is 7.98. The highest BCUT2D eigenvalue weighted by Crippen LogP contribution is 2.32. The lowest BCUT2D eigenvalue weighted by atomic mass is 10.1. The van der Waals surface area contributed by atoms with E-state index in [0.29, 0.717) is 11.4 Å². The van der Waals surface area contributed by atoms with Crippen molar-refractivity contribution >= 4 is 28.8 Å². The van der Waals surface area contributed by atoms with Crippen LogP contribution in [0.4, 0.5) is 0 Å². The van der Waals surface area contributed by atoms with E-state index in [1.807, 2.05) is 36.4 Å². The largest absolute Gasteiger partial charge is 0.497 e. The Balaban J connectivity index is 1.59. The van der Waals surface area contributed by atoms with Crippen LogP contribution in [0.1, 0.15) is 23.0 Å². The van der Waals surface area contributed by atoms with Crippen molar-refractivity contribution in [2.24, 2.45) is 0 Å². The predicted molar refractivity (Wildman–Crippen MR) is 117 cm³/mol. The summed E-state index contributed by atoms with van der Waals surface area (Å²) in [5, 5.41) is 11.4. The number of carbonyl (C=O) groups is 1. The Morgan fingerprint density at radius 1 is 1.10 bits per heavy atom. The van der Waals surface area contributed by atoms with Gasteiger partial charge in [-0.05, 0) is 37.3 Å². The quantitative estimate of drug-likeness (QED) is 0.314. The van der Waals surface area contributed by atoms with E-state index in [1.54, 1.807) is 32.9 Å². The molecule has 9 nitrogen and oxygen atoms in total. The van der Waals surface area contributed by atoms with E-state index in [-0.39, 0.29) is 12.3 Å². The topological polar surface area (TPSA) is 115 Å². The Labute approximate surface area is 182 Å². The molecule has 0 aliphatic carbocycles. The Hall–Kier alpha value is -3.53. The Kier molecular flexibility index (Phi) is 6.08. The van der Waals surface area contributed by atoms with Gasteiger partial charge in [0.25, 0.3) is 0 Å². The molecule has 0 saturated heterocycles. The zero-order valence-electron chi connectivity index (χ0n) is 17.3. The standard InChI is InChI=1S/C21H21N5O4S/c1-4-30-20(27)19-18(24-26-25-19)12-5-8-17(29-3)13(9-12)11-31-21-22-15-7-6-14(28-2)10-16(15)23-21/h5-10H,4,11H2,1-3H3,(H,22,23)(H,24,25,26). The van der Waals surface area contributed by atoms with Crippen LogP contribution in [0.5, 0.6) is 11.5 Å². The SMILES string of the molecule is CCOC(=O)c1n[nH]nc1-c1ccc(OC)c(CSc2nc3ccc(OC)cc3[nH]2)c1. The van der Waals surface area contributed by atoms with Crippen molar-refractivity contribution < 1.29 is 19.0 Å². The van der Waals surface area contributed by atoms with Crippen LogP contribution in [0.3, 0.4) is 0 Å². The maximum Gasteiger partial charge on any atom is 0.361 e. The Bertz CT molecular complexity index is 1220. The molecule has 160 valence electrons. The zero-order valence-corrected chi connectivity index (χ0v) is 18.1. The molecule has 0 saturated carbocycles. The summed E-state index contributed by atoms with van der Waals surface area (Å²) in [6.45, 7) is 2.01. The first-order chi connectivity index (χ1) is 15.1. The Morgan fingerprint density at radius 2 is 1.97 bits per heavy atom. The number of imidazole rings is 1. The number of hydrogen-bond acceptors (Lipinski definition) is 8. The van der Waals surface area contributed by atoms with Gasteiger partial charge in [0.05, 0.1) is 31.9 Å². The number of nitrogens with zero attached hydrogens (tertiary/aromatic N) is 3. The fourth-order valence-electron chi connectivity index (χ4n) is 3.12. The number of esters is 1. The number of ether oxygens (including phenoxy) is 3. The second-order valence-corrected chi connectivity index (χ2v) is 7.45. The van der Waals surface area contributed by atoms with E-state index in [1.165, 1.54) is 0 Å². The lowest BCUT2D eigenvalue weighted by Gasteiger charge is -2.10. The van der Waals surface area contributed by atoms with Crippen molar-refractivity contribution in [3.8, 4) is 22.8 Å². The molecule has 0 atom stereocenters. The smallest absolute Gasteiger partial charge is 0.361 e. The lowest BCUT2D eigenvalue weighted by molar-refractivity contribution is 0.0520. The minimum atomic E-state index is -0.518. The maximum absolute atomic E-state index is 12.2. The number of aromatic nitrogens is 5. The summed E-state index contributed by atoms with van der Waals surface area (Å²) >= 11 is 1.54. The minimum Gasteiger partial charge on any atom is -0.497 e. The highest BCUT2D eigenvalue weighted by atomic mass is 32.2. The first-order valence-corrected chi connectivity index (χ1v) is 10.5. The number of fused-ring (bicyclic) bond motifs is 1. The second-order valence-electron chi connectivity index (χ2n) is 6.48. The number of benzene rings is 2. The molecule has 4 aromatic rings. The van der Waals surface area contributed by atoms with Crippen LogP contribution in [-0.4, -0.2) is 52.2 Å². The van der Waals surface area contributed by atoms with E-state index in [0.717, 1.165) is 38.8 Å². The van der Waals surface area contributed by atoms with Crippen LogP contribution in [0.15, 0.2) is 41.6 Å². The summed E-state index contributed by atoms with van der Waals surface area (Å²) in [5.74, 6) is 1.58. The maximum atomic E-state index is 12.2. The molecular formula is C21H21N5O4S. The molecule has 0 radical (unpaired) electrons. The molecule has 2 heterocycles. The molecule has 10 heteroatoms. The third-order valence-electron chi connectivity index (χ3n) is 4.60. The third-order valence-corrected chi connectivity index (χ3v) is 5.52. The fraction of sp³-hybridized carbons (Fsp3) is 0.238. The van der Waals surface area contributed by atoms with Crippen molar-refractivity contribution in [1.82, 2.24) is 25.4 Å². The van der Waals surface area contributed by atoms with Gasteiger partial charge in [0.15, 0.2) is 10.9 Å². The van der Waals surface area contributed by atoms with Crippen LogP contribution in [0.2, 0.25) is 0 Å². The molecule has 0 spiro atoms. The molecule has 0 aliphatic heterocycles. The molecule has 4 rings (SSSR count). The molecule has 0 fully saturated rings. The number of carbonyl (C=O) groups excluding carboxylic acids is 1. The molecule has 31 heavy (non-hydrogen) atoms. The fourth-order valence-corrected chi connectivity index (χ4v) is 3.98. The van der Waals surface area contributed by atoms with Crippen LogP contribution in [0.25, 0.3) is 22.3 Å². The molecule has 2 aromatic carbocycles.